The van der Waals surface area contributed by atoms with Gasteiger partial charge >= 0.3 is 0 Å². The highest BCUT2D eigenvalue weighted by atomic mass is 16.6. The Labute approximate surface area is 120 Å². The molecular formula is C16H24N2O2. The molecule has 1 fully saturated rings. The first-order chi connectivity index (χ1) is 9.86. The topological polar surface area (TPSA) is 56.5 Å². The van der Waals surface area contributed by atoms with Gasteiger partial charge in [-0.25, -0.2) is 0 Å². The monoisotopic (exact) mass is 276 g/mol. The summed E-state index contributed by atoms with van der Waals surface area (Å²) in [6.45, 7) is 1.86. The van der Waals surface area contributed by atoms with Gasteiger partial charge in [-0.05, 0) is 30.5 Å². The van der Waals surface area contributed by atoms with Gasteiger partial charge in [-0.15, -0.1) is 0 Å². The van der Waals surface area contributed by atoms with Crippen LogP contribution in [0.25, 0.3) is 0 Å². The van der Waals surface area contributed by atoms with Gasteiger partial charge < -0.3 is 20.5 Å². The van der Waals surface area contributed by atoms with Crippen LogP contribution < -0.4 is 20.5 Å². The SMILES string of the molecule is NCC(NC1CCCCC1)c1ccc2c(c1)OCCO2. The van der Waals surface area contributed by atoms with Gasteiger partial charge in [0.1, 0.15) is 13.2 Å². The van der Waals surface area contributed by atoms with Crippen molar-refractivity contribution in [1.82, 2.24) is 5.32 Å². The third kappa shape index (κ3) is 3.07. The molecule has 1 atom stereocenters. The Morgan fingerprint density at radius 3 is 2.60 bits per heavy atom. The van der Waals surface area contributed by atoms with Gasteiger partial charge in [-0.2, -0.15) is 0 Å². The van der Waals surface area contributed by atoms with Crippen LogP contribution in [0.2, 0.25) is 0 Å². The molecule has 0 bridgehead atoms. The Kier molecular flexibility index (Phi) is 4.43. The first-order valence-electron chi connectivity index (χ1n) is 7.72. The van der Waals surface area contributed by atoms with Gasteiger partial charge in [0, 0.05) is 18.6 Å². The van der Waals surface area contributed by atoms with Gasteiger partial charge in [-0.1, -0.05) is 25.3 Å². The molecule has 0 saturated heterocycles. The zero-order valence-electron chi connectivity index (χ0n) is 11.9. The fraction of sp³-hybridized carbons (Fsp3) is 0.625. The van der Waals surface area contributed by atoms with Gasteiger partial charge in [0.2, 0.25) is 0 Å². The Hall–Kier alpha value is -1.26. The van der Waals surface area contributed by atoms with E-state index in [9.17, 15) is 0 Å². The van der Waals surface area contributed by atoms with E-state index >= 15 is 0 Å². The van der Waals surface area contributed by atoms with E-state index in [2.05, 4.69) is 17.4 Å². The molecule has 110 valence electrons. The largest absolute Gasteiger partial charge is 0.486 e. The number of fused-ring (bicyclic) bond motifs is 1. The molecule has 0 spiro atoms. The van der Waals surface area contributed by atoms with E-state index < -0.39 is 0 Å². The highest BCUT2D eigenvalue weighted by Gasteiger charge is 2.20. The third-order valence-electron chi connectivity index (χ3n) is 4.25. The summed E-state index contributed by atoms with van der Waals surface area (Å²) < 4.78 is 11.2. The summed E-state index contributed by atoms with van der Waals surface area (Å²) in [6.07, 6.45) is 6.56. The van der Waals surface area contributed by atoms with Crippen LogP contribution in [0.1, 0.15) is 43.7 Å². The third-order valence-corrected chi connectivity index (χ3v) is 4.25. The van der Waals surface area contributed by atoms with E-state index in [1.54, 1.807) is 0 Å². The zero-order valence-corrected chi connectivity index (χ0v) is 11.9. The van der Waals surface area contributed by atoms with Crippen molar-refractivity contribution in [3.8, 4) is 11.5 Å². The molecule has 0 amide bonds. The van der Waals surface area contributed by atoms with Crippen molar-refractivity contribution in [2.24, 2.45) is 5.73 Å². The molecule has 1 aromatic rings. The van der Waals surface area contributed by atoms with Crippen LogP contribution in [0.4, 0.5) is 0 Å². The van der Waals surface area contributed by atoms with Crippen LogP contribution in [0.5, 0.6) is 11.5 Å². The van der Waals surface area contributed by atoms with Crippen LogP contribution in [0.3, 0.4) is 0 Å². The minimum absolute atomic E-state index is 0.203. The second kappa shape index (κ2) is 6.46. The van der Waals surface area contributed by atoms with E-state index in [4.69, 9.17) is 15.2 Å². The van der Waals surface area contributed by atoms with Crippen LogP contribution in [-0.4, -0.2) is 25.8 Å². The molecule has 1 aliphatic carbocycles. The minimum atomic E-state index is 0.203. The normalized spacial score (nSPS) is 20.6. The van der Waals surface area contributed by atoms with E-state index in [0.29, 0.717) is 25.8 Å². The second-order valence-electron chi connectivity index (χ2n) is 5.69. The molecule has 2 aliphatic rings. The van der Waals surface area contributed by atoms with E-state index in [1.807, 2.05) is 6.07 Å². The summed E-state index contributed by atoms with van der Waals surface area (Å²) in [7, 11) is 0. The number of hydrogen-bond acceptors (Lipinski definition) is 4. The minimum Gasteiger partial charge on any atom is -0.486 e. The summed E-state index contributed by atoms with van der Waals surface area (Å²) in [5.74, 6) is 1.69. The summed E-state index contributed by atoms with van der Waals surface area (Å²) in [6, 6.07) is 6.97. The zero-order chi connectivity index (χ0) is 13.8. The lowest BCUT2D eigenvalue weighted by Gasteiger charge is -2.29. The summed E-state index contributed by atoms with van der Waals surface area (Å²) in [5, 5.41) is 3.71. The van der Waals surface area contributed by atoms with Crippen molar-refractivity contribution in [2.75, 3.05) is 19.8 Å². The standard InChI is InChI=1S/C16H24N2O2/c17-11-14(18-13-4-2-1-3-5-13)12-6-7-15-16(10-12)20-9-8-19-15/h6-7,10,13-14,18H,1-5,8-9,11,17H2. The van der Waals surface area contributed by atoms with Crippen molar-refractivity contribution in [1.29, 1.82) is 0 Å². The van der Waals surface area contributed by atoms with E-state index in [0.717, 1.165) is 11.5 Å². The lowest BCUT2D eigenvalue weighted by Crippen LogP contribution is -2.37. The molecule has 3 rings (SSSR count). The average Bonchev–Trinajstić information content (AvgIpc) is 2.53. The van der Waals surface area contributed by atoms with Crippen molar-refractivity contribution >= 4 is 0 Å². The summed E-state index contributed by atoms with van der Waals surface area (Å²) >= 11 is 0. The summed E-state index contributed by atoms with van der Waals surface area (Å²) in [5.41, 5.74) is 7.16. The highest BCUT2D eigenvalue weighted by Crippen LogP contribution is 2.33. The predicted molar refractivity (Wildman–Crippen MR) is 79.2 cm³/mol. The maximum absolute atomic E-state index is 5.96. The first kappa shape index (κ1) is 13.7. The number of ether oxygens (including phenoxy) is 2. The number of rotatable bonds is 4. The van der Waals surface area contributed by atoms with Crippen molar-refractivity contribution in [3.63, 3.8) is 0 Å². The first-order valence-corrected chi connectivity index (χ1v) is 7.72. The van der Waals surface area contributed by atoms with Crippen LogP contribution >= 0.6 is 0 Å². The predicted octanol–water partition coefficient (Wildman–Crippen LogP) is 2.38. The molecule has 20 heavy (non-hydrogen) atoms. The van der Waals surface area contributed by atoms with Crippen molar-refractivity contribution in [3.05, 3.63) is 23.8 Å². The molecule has 1 unspecified atom stereocenters. The molecule has 1 aromatic carbocycles. The Balaban J connectivity index is 1.71. The van der Waals surface area contributed by atoms with Gasteiger partial charge in [-0.3, -0.25) is 0 Å². The Morgan fingerprint density at radius 2 is 1.85 bits per heavy atom. The van der Waals surface area contributed by atoms with E-state index in [1.165, 1.54) is 37.7 Å². The molecule has 4 nitrogen and oxygen atoms in total. The Morgan fingerprint density at radius 1 is 1.10 bits per heavy atom. The molecule has 3 N–H and O–H groups in total. The maximum atomic E-state index is 5.96. The fourth-order valence-electron chi connectivity index (χ4n) is 3.13. The molecule has 0 radical (unpaired) electrons. The number of hydrogen-bond donors (Lipinski definition) is 2. The van der Waals surface area contributed by atoms with Gasteiger partial charge in [0.15, 0.2) is 11.5 Å². The molecule has 1 saturated carbocycles. The lowest BCUT2D eigenvalue weighted by atomic mass is 9.94. The smallest absolute Gasteiger partial charge is 0.161 e. The number of benzene rings is 1. The molecular weight excluding hydrogens is 252 g/mol. The number of nitrogens with two attached hydrogens (primary N) is 1. The molecule has 1 aliphatic heterocycles. The van der Waals surface area contributed by atoms with Gasteiger partial charge in [0.25, 0.3) is 0 Å². The quantitative estimate of drug-likeness (QED) is 0.886. The maximum Gasteiger partial charge on any atom is 0.161 e. The molecule has 1 heterocycles. The second-order valence-corrected chi connectivity index (χ2v) is 5.69. The van der Waals surface area contributed by atoms with Crippen LogP contribution in [0, 0.1) is 0 Å². The van der Waals surface area contributed by atoms with Crippen molar-refractivity contribution in [2.45, 2.75) is 44.2 Å². The van der Waals surface area contributed by atoms with Crippen LogP contribution in [0.15, 0.2) is 18.2 Å². The van der Waals surface area contributed by atoms with Crippen LogP contribution in [-0.2, 0) is 0 Å². The van der Waals surface area contributed by atoms with Crippen molar-refractivity contribution < 1.29 is 9.47 Å². The Bertz CT molecular complexity index is 444. The fourth-order valence-corrected chi connectivity index (χ4v) is 3.13. The highest BCUT2D eigenvalue weighted by molar-refractivity contribution is 5.44. The van der Waals surface area contributed by atoms with E-state index in [-0.39, 0.29) is 6.04 Å². The average molecular weight is 276 g/mol. The van der Waals surface area contributed by atoms with Gasteiger partial charge in [0.05, 0.1) is 0 Å². The lowest BCUT2D eigenvalue weighted by molar-refractivity contribution is 0.171. The molecule has 4 heteroatoms. The number of nitrogens with one attached hydrogen (secondary N) is 1. The summed E-state index contributed by atoms with van der Waals surface area (Å²) in [4.78, 5) is 0. The molecule has 0 aromatic heterocycles.